The second kappa shape index (κ2) is 5.36. The monoisotopic (exact) mass is 221 g/mol. The number of para-hydroxylation sites is 1. The summed E-state index contributed by atoms with van der Waals surface area (Å²) < 4.78 is 6.26. The van der Waals surface area contributed by atoms with E-state index in [2.05, 4.69) is 27.7 Å². The minimum atomic E-state index is -1.53. The average molecular weight is 221 g/mol. The van der Waals surface area contributed by atoms with Gasteiger partial charge in [0.1, 0.15) is 5.75 Å². The molecule has 0 aliphatic carbocycles. The van der Waals surface area contributed by atoms with Crippen LogP contribution in [0.2, 0.25) is 18.1 Å². The Hall–Kier alpha value is -0.763. The Labute approximate surface area is 94.6 Å². The molecule has 0 amide bonds. The predicted octanol–water partition coefficient (Wildman–Crippen LogP) is 4.25. The molecular weight excluding hydrogens is 200 g/mol. The minimum Gasteiger partial charge on any atom is -0.543 e. The molecule has 15 heavy (non-hydrogen) atoms. The summed E-state index contributed by atoms with van der Waals surface area (Å²) in [6.45, 7) is 10.7. The number of benzene rings is 1. The summed E-state index contributed by atoms with van der Waals surface area (Å²) in [7, 11) is -1.53. The molecule has 0 saturated heterocycles. The van der Waals surface area contributed by atoms with E-state index in [4.69, 9.17) is 4.43 Å². The summed E-state index contributed by atoms with van der Waals surface area (Å²) in [5.74, 6) is 0.981. The lowest BCUT2D eigenvalue weighted by molar-refractivity contribution is 0.530. The third-order valence-electron chi connectivity index (χ3n) is 3.23. The van der Waals surface area contributed by atoms with E-state index in [0.717, 1.165) is 11.3 Å². The topological polar surface area (TPSA) is 9.23 Å². The zero-order valence-electron chi connectivity index (χ0n) is 10.0. The van der Waals surface area contributed by atoms with Gasteiger partial charge in [-0.05, 0) is 36.7 Å². The molecule has 0 unspecified atom stereocenters. The van der Waals surface area contributed by atoms with Crippen LogP contribution >= 0.6 is 0 Å². The van der Waals surface area contributed by atoms with E-state index in [1.54, 1.807) is 0 Å². The van der Waals surface area contributed by atoms with Crippen molar-refractivity contribution in [3.63, 3.8) is 0 Å². The van der Waals surface area contributed by atoms with Gasteiger partial charge in [-0.1, -0.05) is 39.0 Å². The first-order chi connectivity index (χ1) is 7.17. The van der Waals surface area contributed by atoms with Crippen LogP contribution in [0.1, 0.15) is 26.3 Å². The Morgan fingerprint density at radius 1 is 1.07 bits per heavy atom. The molecule has 0 fully saturated rings. The number of hydrogen-bond donors (Lipinski definition) is 0. The van der Waals surface area contributed by atoms with Crippen molar-refractivity contribution in [3.05, 3.63) is 36.8 Å². The van der Waals surface area contributed by atoms with E-state index >= 15 is 0 Å². The molecule has 0 spiro atoms. The molecule has 0 N–H and O–H groups in total. The molecule has 0 heterocycles. The highest BCUT2D eigenvalue weighted by molar-refractivity contribution is 6.74. The quantitative estimate of drug-likeness (QED) is 0.675. The van der Waals surface area contributed by atoms with Gasteiger partial charge in [0.2, 0.25) is 8.32 Å². The number of rotatable bonds is 5. The molecule has 0 saturated carbocycles. The Kier molecular flexibility index (Phi) is 4.39. The summed E-state index contributed by atoms with van der Waals surface area (Å²) >= 11 is 0. The normalized spacial score (nSPS) is 11.5. The summed E-state index contributed by atoms with van der Waals surface area (Å²) in [5, 5.41) is 0. The smallest absolute Gasteiger partial charge is 0.250 e. The SMILES string of the molecule is [CH2]c1ccccc1O[Si](CC)(CC)CC. The van der Waals surface area contributed by atoms with Gasteiger partial charge in [-0.2, -0.15) is 0 Å². The van der Waals surface area contributed by atoms with Crippen LogP contribution in [0.5, 0.6) is 5.75 Å². The average Bonchev–Trinajstić information content (AvgIpc) is 2.29. The fourth-order valence-corrected chi connectivity index (χ4v) is 4.40. The van der Waals surface area contributed by atoms with Crippen LogP contribution in [0.3, 0.4) is 0 Å². The van der Waals surface area contributed by atoms with Crippen molar-refractivity contribution in [2.75, 3.05) is 0 Å². The first kappa shape index (κ1) is 12.3. The van der Waals surface area contributed by atoms with E-state index in [-0.39, 0.29) is 0 Å². The Bertz CT molecular complexity index is 297. The van der Waals surface area contributed by atoms with Crippen LogP contribution < -0.4 is 4.43 Å². The van der Waals surface area contributed by atoms with Crippen LogP contribution in [0.4, 0.5) is 0 Å². The fraction of sp³-hybridized carbons (Fsp3) is 0.462. The second-order valence-electron chi connectivity index (χ2n) is 3.95. The van der Waals surface area contributed by atoms with Crippen molar-refractivity contribution in [1.29, 1.82) is 0 Å². The van der Waals surface area contributed by atoms with Crippen molar-refractivity contribution in [1.82, 2.24) is 0 Å². The molecule has 1 radical (unpaired) electrons. The molecule has 1 rings (SSSR count). The predicted molar refractivity (Wildman–Crippen MR) is 68.7 cm³/mol. The zero-order chi connectivity index (χ0) is 11.3. The van der Waals surface area contributed by atoms with Crippen molar-refractivity contribution in [3.8, 4) is 5.75 Å². The highest BCUT2D eigenvalue weighted by atomic mass is 28.4. The molecule has 0 aliphatic heterocycles. The van der Waals surface area contributed by atoms with Crippen molar-refractivity contribution >= 4 is 8.32 Å². The fourth-order valence-electron chi connectivity index (χ4n) is 1.80. The molecule has 1 nitrogen and oxygen atoms in total. The lowest BCUT2D eigenvalue weighted by atomic mass is 10.2. The highest BCUT2D eigenvalue weighted by Gasteiger charge is 2.30. The molecule has 83 valence electrons. The van der Waals surface area contributed by atoms with E-state index < -0.39 is 8.32 Å². The summed E-state index contributed by atoms with van der Waals surface area (Å²) in [6.07, 6.45) is 0. The van der Waals surface area contributed by atoms with Crippen LogP contribution in [0.15, 0.2) is 24.3 Å². The summed E-state index contributed by atoms with van der Waals surface area (Å²) in [5.41, 5.74) is 1.00. The van der Waals surface area contributed by atoms with Crippen molar-refractivity contribution in [2.24, 2.45) is 0 Å². The molecule has 0 aliphatic rings. The van der Waals surface area contributed by atoms with Crippen LogP contribution in [0.25, 0.3) is 0 Å². The Morgan fingerprint density at radius 3 is 2.07 bits per heavy atom. The molecule has 0 atom stereocenters. The first-order valence-corrected chi connectivity index (χ1v) is 8.30. The maximum atomic E-state index is 6.26. The van der Waals surface area contributed by atoms with Gasteiger partial charge < -0.3 is 4.43 Å². The minimum absolute atomic E-state index is 0.981. The van der Waals surface area contributed by atoms with Gasteiger partial charge in [-0.3, -0.25) is 0 Å². The molecular formula is C13H21OSi. The van der Waals surface area contributed by atoms with Crippen LogP contribution in [-0.4, -0.2) is 8.32 Å². The summed E-state index contributed by atoms with van der Waals surface area (Å²) in [6, 6.07) is 11.6. The Balaban J connectivity index is 2.88. The van der Waals surface area contributed by atoms with Gasteiger partial charge in [0.15, 0.2) is 0 Å². The van der Waals surface area contributed by atoms with E-state index in [1.165, 1.54) is 18.1 Å². The molecule has 1 aromatic carbocycles. The first-order valence-electron chi connectivity index (χ1n) is 5.77. The van der Waals surface area contributed by atoms with Gasteiger partial charge in [-0.15, -0.1) is 0 Å². The van der Waals surface area contributed by atoms with Crippen molar-refractivity contribution in [2.45, 2.75) is 38.9 Å². The third-order valence-corrected chi connectivity index (χ3v) is 7.75. The van der Waals surface area contributed by atoms with Crippen LogP contribution in [-0.2, 0) is 0 Å². The van der Waals surface area contributed by atoms with Gasteiger partial charge in [0.05, 0.1) is 0 Å². The van der Waals surface area contributed by atoms with Crippen LogP contribution in [0, 0.1) is 6.92 Å². The highest BCUT2D eigenvalue weighted by Crippen LogP contribution is 2.27. The summed E-state index contributed by atoms with van der Waals surface area (Å²) in [4.78, 5) is 0. The lowest BCUT2D eigenvalue weighted by Crippen LogP contribution is -2.39. The zero-order valence-corrected chi connectivity index (χ0v) is 11.0. The second-order valence-corrected chi connectivity index (χ2v) is 8.64. The number of hydrogen-bond acceptors (Lipinski definition) is 1. The van der Waals surface area contributed by atoms with Gasteiger partial charge >= 0.3 is 0 Å². The maximum Gasteiger partial charge on any atom is 0.250 e. The van der Waals surface area contributed by atoms with Crippen molar-refractivity contribution < 1.29 is 4.43 Å². The van der Waals surface area contributed by atoms with E-state index in [9.17, 15) is 0 Å². The standard InChI is InChI=1S/C13H21OSi/c1-5-15(6-2,7-3)14-13-11-9-8-10-12(13)4/h8-11H,4-7H2,1-3H3. The van der Waals surface area contributed by atoms with E-state index in [0.29, 0.717) is 0 Å². The van der Waals surface area contributed by atoms with E-state index in [1.807, 2.05) is 24.3 Å². The van der Waals surface area contributed by atoms with Gasteiger partial charge in [0.25, 0.3) is 0 Å². The molecule has 0 bridgehead atoms. The molecule has 0 aromatic heterocycles. The molecule has 1 aromatic rings. The molecule has 2 heteroatoms. The third kappa shape index (κ3) is 2.85. The Morgan fingerprint density at radius 2 is 1.60 bits per heavy atom. The van der Waals surface area contributed by atoms with Gasteiger partial charge in [0, 0.05) is 0 Å². The lowest BCUT2D eigenvalue weighted by Gasteiger charge is -2.29. The largest absolute Gasteiger partial charge is 0.543 e. The van der Waals surface area contributed by atoms with Gasteiger partial charge in [-0.25, -0.2) is 0 Å². The maximum absolute atomic E-state index is 6.26.